The SMILES string of the molecule is C=C.CC(Cl)C(=O)O.OCCO. The van der Waals surface area contributed by atoms with Crippen LogP contribution in [0.5, 0.6) is 0 Å². The molecule has 0 aliphatic heterocycles. The quantitative estimate of drug-likeness (QED) is 0.445. The molecule has 0 spiro atoms. The van der Waals surface area contributed by atoms with E-state index in [0.29, 0.717) is 0 Å². The van der Waals surface area contributed by atoms with Crippen molar-refractivity contribution in [2.75, 3.05) is 13.2 Å². The Bertz CT molecular complexity index is 93.4. The van der Waals surface area contributed by atoms with Gasteiger partial charge in [0.2, 0.25) is 0 Å². The lowest BCUT2D eigenvalue weighted by atomic mass is 10.5. The summed E-state index contributed by atoms with van der Waals surface area (Å²) >= 11 is 5.01. The number of carbonyl (C=O) groups is 1. The van der Waals surface area contributed by atoms with Gasteiger partial charge in [0, 0.05) is 0 Å². The third-order valence-corrected chi connectivity index (χ3v) is 0.627. The van der Waals surface area contributed by atoms with E-state index in [1.807, 2.05) is 0 Å². The molecule has 0 rings (SSSR count). The van der Waals surface area contributed by atoms with E-state index in [9.17, 15) is 4.79 Å². The molecular formula is C7H15ClO4. The highest BCUT2D eigenvalue weighted by Gasteiger charge is 2.02. The molecule has 0 amide bonds. The summed E-state index contributed by atoms with van der Waals surface area (Å²) in [6.07, 6.45) is 0. The second kappa shape index (κ2) is 16.8. The average molecular weight is 199 g/mol. The average Bonchev–Trinajstić information content (AvgIpc) is 2.08. The number of carboxylic acid groups (broad SMARTS) is 1. The fourth-order valence-corrected chi connectivity index (χ4v) is 0. The van der Waals surface area contributed by atoms with Gasteiger partial charge >= 0.3 is 5.97 Å². The Morgan fingerprint density at radius 3 is 1.58 bits per heavy atom. The minimum absolute atomic E-state index is 0.125. The third-order valence-electron chi connectivity index (χ3n) is 0.440. The Labute approximate surface area is 77.1 Å². The highest BCUT2D eigenvalue weighted by Crippen LogP contribution is 1.89. The summed E-state index contributed by atoms with van der Waals surface area (Å²) in [5, 5.41) is 22.3. The van der Waals surface area contributed by atoms with Crippen molar-refractivity contribution in [3.63, 3.8) is 0 Å². The maximum absolute atomic E-state index is 9.57. The van der Waals surface area contributed by atoms with Crippen molar-refractivity contribution < 1.29 is 20.1 Å². The van der Waals surface area contributed by atoms with Crippen LogP contribution in [0.4, 0.5) is 0 Å². The van der Waals surface area contributed by atoms with Crippen molar-refractivity contribution in [3.8, 4) is 0 Å². The fourth-order valence-electron chi connectivity index (χ4n) is 0. The van der Waals surface area contributed by atoms with Crippen LogP contribution in [0.25, 0.3) is 0 Å². The van der Waals surface area contributed by atoms with Crippen LogP contribution < -0.4 is 0 Å². The summed E-state index contributed by atoms with van der Waals surface area (Å²) in [5.41, 5.74) is 0. The molecule has 1 atom stereocenters. The number of alkyl halides is 1. The first-order valence-electron chi connectivity index (χ1n) is 3.14. The number of halogens is 1. The molecule has 0 aromatic heterocycles. The van der Waals surface area contributed by atoms with Crippen LogP contribution in [-0.2, 0) is 4.79 Å². The number of carboxylic acids is 1. The van der Waals surface area contributed by atoms with Gasteiger partial charge in [-0.1, -0.05) is 0 Å². The standard InChI is InChI=1S/C3H5ClO2.C2H6O2.C2H4/c1-2(4)3(5)6;3-1-2-4;1-2/h2H,1H3,(H,5,6);3-4H,1-2H2;1-2H2. The molecule has 0 saturated carbocycles. The summed E-state index contributed by atoms with van der Waals surface area (Å²) in [5.74, 6) is -0.975. The van der Waals surface area contributed by atoms with Gasteiger partial charge in [0.05, 0.1) is 13.2 Å². The molecule has 1 unspecified atom stereocenters. The molecule has 74 valence electrons. The molecule has 0 bridgehead atoms. The van der Waals surface area contributed by atoms with Crippen LogP contribution in [0, 0.1) is 0 Å². The first-order chi connectivity index (χ1) is 5.56. The van der Waals surface area contributed by atoms with E-state index in [4.69, 9.17) is 26.9 Å². The van der Waals surface area contributed by atoms with Crippen LogP contribution in [0.2, 0.25) is 0 Å². The second-order valence-electron chi connectivity index (χ2n) is 1.40. The molecule has 5 heteroatoms. The van der Waals surface area contributed by atoms with E-state index in [-0.39, 0.29) is 13.2 Å². The third kappa shape index (κ3) is 34.2. The Morgan fingerprint density at radius 2 is 1.58 bits per heavy atom. The van der Waals surface area contributed by atoms with E-state index < -0.39 is 11.3 Å². The summed E-state index contributed by atoms with van der Waals surface area (Å²) in [6.45, 7) is 7.16. The maximum Gasteiger partial charge on any atom is 0.321 e. The van der Waals surface area contributed by atoms with Gasteiger partial charge in [0.15, 0.2) is 0 Å². The van der Waals surface area contributed by atoms with E-state index in [2.05, 4.69) is 13.2 Å². The molecule has 0 aliphatic rings. The van der Waals surface area contributed by atoms with Gasteiger partial charge in [0.25, 0.3) is 0 Å². The summed E-state index contributed by atoms with van der Waals surface area (Å²) in [7, 11) is 0. The Kier molecular flexibility index (Phi) is 24.5. The minimum Gasteiger partial charge on any atom is -0.480 e. The zero-order valence-corrected chi connectivity index (χ0v) is 7.79. The number of aliphatic hydroxyl groups excluding tert-OH is 2. The summed E-state index contributed by atoms with van der Waals surface area (Å²) in [6, 6.07) is 0. The zero-order chi connectivity index (χ0) is 10.6. The maximum atomic E-state index is 9.57. The van der Waals surface area contributed by atoms with Crippen LogP contribution in [0.1, 0.15) is 6.92 Å². The van der Waals surface area contributed by atoms with E-state index in [0.717, 1.165) is 0 Å². The van der Waals surface area contributed by atoms with Crippen molar-refractivity contribution in [1.82, 2.24) is 0 Å². The topological polar surface area (TPSA) is 77.8 Å². The van der Waals surface area contributed by atoms with E-state index >= 15 is 0 Å². The molecule has 0 radical (unpaired) electrons. The molecule has 0 aromatic rings. The first kappa shape index (κ1) is 17.5. The van der Waals surface area contributed by atoms with Gasteiger partial charge in [-0.25, -0.2) is 0 Å². The number of aliphatic hydroxyl groups is 2. The van der Waals surface area contributed by atoms with Gasteiger partial charge in [0.1, 0.15) is 5.38 Å². The molecule has 0 fully saturated rings. The summed E-state index contributed by atoms with van der Waals surface area (Å²) < 4.78 is 0. The van der Waals surface area contributed by atoms with Crippen molar-refractivity contribution in [2.24, 2.45) is 0 Å². The Morgan fingerprint density at radius 1 is 1.42 bits per heavy atom. The number of hydrogen-bond acceptors (Lipinski definition) is 3. The Hall–Kier alpha value is -0.580. The number of aliphatic carboxylic acids is 1. The first-order valence-corrected chi connectivity index (χ1v) is 3.58. The van der Waals surface area contributed by atoms with Crippen LogP contribution >= 0.6 is 11.6 Å². The van der Waals surface area contributed by atoms with Crippen molar-refractivity contribution >= 4 is 17.6 Å². The van der Waals surface area contributed by atoms with Gasteiger partial charge in [-0.15, -0.1) is 24.8 Å². The molecular weight excluding hydrogens is 184 g/mol. The van der Waals surface area contributed by atoms with Gasteiger partial charge in [-0.3, -0.25) is 4.79 Å². The van der Waals surface area contributed by atoms with E-state index in [1.165, 1.54) is 6.92 Å². The Balaban J connectivity index is -0.000000118. The lowest BCUT2D eigenvalue weighted by Crippen LogP contribution is -2.06. The highest BCUT2D eigenvalue weighted by atomic mass is 35.5. The predicted octanol–water partition coefficient (Wildman–Crippen LogP) is 0.471. The number of hydrogen-bond donors (Lipinski definition) is 3. The molecule has 0 heterocycles. The van der Waals surface area contributed by atoms with Crippen molar-refractivity contribution in [3.05, 3.63) is 13.2 Å². The minimum atomic E-state index is -0.975. The number of rotatable bonds is 2. The normalized spacial score (nSPS) is 9.67. The van der Waals surface area contributed by atoms with Gasteiger partial charge in [-0.2, -0.15) is 0 Å². The van der Waals surface area contributed by atoms with Crippen molar-refractivity contribution in [2.45, 2.75) is 12.3 Å². The molecule has 12 heavy (non-hydrogen) atoms. The summed E-state index contributed by atoms with van der Waals surface area (Å²) in [4.78, 5) is 9.57. The van der Waals surface area contributed by atoms with Crippen LogP contribution in [-0.4, -0.2) is 39.9 Å². The smallest absolute Gasteiger partial charge is 0.321 e. The molecule has 0 aromatic carbocycles. The van der Waals surface area contributed by atoms with Crippen LogP contribution in [0.15, 0.2) is 13.2 Å². The lowest BCUT2D eigenvalue weighted by Gasteiger charge is -1.86. The molecule has 4 nitrogen and oxygen atoms in total. The highest BCUT2D eigenvalue weighted by molar-refractivity contribution is 6.29. The van der Waals surface area contributed by atoms with Gasteiger partial charge < -0.3 is 15.3 Å². The van der Waals surface area contributed by atoms with E-state index in [1.54, 1.807) is 0 Å². The molecule has 3 N–H and O–H groups in total. The predicted molar refractivity (Wildman–Crippen MR) is 48.4 cm³/mol. The molecule has 0 aliphatic carbocycles. The van der Waals surface area contributed by atoms with Gasteiger partial charge in [-0.05, 0) is 6.92 Å². The van der Waals surface area contributed by atoms with Crippen LogP contribution in [0.3, 0.4) is 0 Å². The molecule has 0 saturated heterocycles. The monoisotopic (exact) mass is 198 g/mol. The fraction of sp³-hybridized carbons (Fsp3) is 0.571. The lowest BCUT2D eigenvalue weighted by molar-refractivity contribution is -0.136. The largest absolute Gasteiger partial charge is 0.480 e. The second-order valence-corrected chi connectivity index (χ2v) is 2.06. The zero-order valence-electron chi connectivity index (χ0n) is 7.03. The van der Waals surface area contributed by atoms with Crippen molar-refractivity contribution in [1.29, 1.82) is 0 Å².